The quantitative estimate of drug-likeness (QED) is 0.713. The summed E-state index contributed by atoms with van der Waals surface area (Å²) in [7, 11) is 0. The average Bonchev–Trinajstić information content (AvgIpc) is 2.50. The van der Waals surface area contributed by atoms with Crippen molar-refractivity contribution in [2.75, 3.05) is 0 Å². The first-order valence-corrected chi connectivity index (χ1v) is 6.18. The highest BCUT2D eigenvalue weighted by atomic mass is 16.1. The van der Waals surface area contributed by atoms with Crippen LogP contribution in [-0.4, -0.2) is 6.29 Å². The highest BCUT2D eigenvalue weighted by Crippen LogP contribution is 2.33. The van der Waals surface area contributed by atoms with E-state index >= 15 is 0 Å². The van der Waals surface area contributed by atoms with Crippen LogP contribution in [0.1, 0.15) is 48.2 Å². The van der Waals surface area contributed by atoms with Crippen LogP contribution >= 0.6 is 0 Å². The number of hydrogen-bond acceptors (Lipinski definition) is 1. The lowest BCUT2D eigenvalue weighted by molar-refractivity contribution is 0.112. The molecule has 2 aliphatic carbocycles. The molecule has 0 radical (unpaired) electrons. The Labute approximate surface area is 103 Å². The summed E-state index contributed by atoms with van der Waals surface area (Å²) in [6.07, 6.45) is 1.93. The first-order chi connectivity index (χ1) is 8.17. The highest BCUT2D eigenvalue weighted by molar-refractivity contribution is 5.91. The lowest BCUT2D eigenvalue weighted by Gasteiger charge is -2.03. The Morgan fingerprint density at radius 1 is 1.18 bits per heavy atom. The second-order valence-corrected chi connectivity index (χ2v) is 4.75. The van der Waals surface area contributed by atoms with E-state index in [4.69, 9.17) is 0 Å². The maximum Gasteiger partial charge on any atom is 0.150 e. The average molecular weight is 226 g/mol. The predicted molar refractivity (Wildman–Crippen MR) is 71.9 cm³/mol. The fraction of sp³-hybridized carbons (Fsp3) is 0.312. The summed E-state index contributed by atoms with van der Waals surface area (Å²) in [4.78, 5) is 11.1. The number of rotatable bonds is 3. The molecule has 1 heteroatoms. The summed E-state index contributed by atoms with van der Waals surface area (Å²) in [6.45, 7) is 6.47. The van der Waals surface area contributed by atoms with Crippen molar-refractivity contribution in [3.8, 4) is 11.1 Å². The number of aldehydes is 1. The number of carbonyl (C=O) groups excluding carboxylic acids is 1. The number of fused-ring (bicyclic) bond motifs is 1. The van der Waals surface area contributed by atoms with Gasteiger partial charge in [0.05, 0.1) is 0 Å². The van der Waals surface area contributed by atoms with Crippen LogP contribution in [0.25, 0.3) is 11.1 Å². The predicted octanol–water partition coefficient (Wildman–Crippen LogP) is 4.29. The molecule has 0 bridgehead atoms. The van der Waals surface area contributed by atoms with Gasteiger partial charge >= 0.3 is 0 Å². The van der Waals surface area contributed by atoms with Crippen molar-refractivity contribution in [1.82, 2.24) is 0 Å². The van der Waals surface area contributed by atoms with E-state index < -0.39 is 0 Å². The van der Waals surface area contributed by atoms with Gasteiger partial charge in [-0.2, -0.15) is 0 Å². The summed E-state index contributed by atoms with van der Waals surface area (Å²) >= 11 is 0. The molecule has 0 heterocycles. The molecule has 0 fully saturated rings. The second-order valence-electron chi connectivity index (χ2n) is 4.75. The zero-order valence-electron chi connectivity index (χ0n) is 10.7. The fourth-order valence-corrected chi connectivity index (χ4v) is 2.25. The van der Waals surface area contributed by atoms with Gasteiger partial charge in [0.2, 0.25) is 0 Å². The van der Waals surface area contributed by atoms with Crippen molar-refractivity contribution in [2.45, 2.75) is 33.1 Å². The van der Waals surface area contributed by atoms with Crippen LogP contribution in [-0.2, 0) is 6.42 Å². The third-order valence-corrected chi connectivity index (χ3v) is 3.31. The summed E-state index contributed by atoms with van der Waals surface area (Å²) in [6, 6.07) is 10.5. The van der Waals surface area contributed by atoms with Gasteiger partial charge in [-0.25, -0.2) is 0 Å². The van der Waals surface area contributed by atoms with E-state index in [1.54, 1.807) is 0 Å². The Morgan fingerprint density at radius 3 is 2.53 bits per heavy atom. The molecule has 1 nitrogen and oxygen atoms in total. The van der Waals surface area contributed by atoms with Gasteiger partial charge in [-0.05, 0) is 40.7 Å². The molecule has 0 aromatic rings. The van der Waals surface area contributed by atoms with Gasteiger partial charge in [-0.15, -0.1) is 0 Å². The minimum Gasteiger partial charge on any atom is -0.298 e. The van der Waals surface area contributed by atoms with E-state index in [0.29, 0.717) is 5.92 Å². The van der Waals surface area contributed by atoms with E-state index in [1.807, 2.05) is 6.07 Å². The maximum atomic E-state index is 11.1. The molecule has 0 unspecified atom stereocenters. The van der Waals surface area contributed by atoms with Crippen LogP contribution < -0.4 is 0 Å². The zero-order valence-corrected chi connectivity index (χ0v) is 10.7. The molecule has 88 valence electrons. The first-order valence-electron chi connectivity index (χ1n) is 6.18. The van der Waals surface area contributed by atoms with Gasteiger partial charge in [-0.1, -0.05) is 45.0 Å². The molecule has 0 aliphatic heterocycles. The van der Waals surface area contributed by atoms with Crippen LogP contribution in [0.5, 0.6) is 0 Å². The Balaban J connectivity index is 2.69. The van der Waals surface area contributed by atoms with Crippen molar-refractivity contribution in [3.63, 3.8) is 0 Å². The fourth-order valence-electron chi connectivity index (χ4n) is 2.25. The molecule has 17 heavy (non-hydrogen) atoms. The van der Waals surface area contributed by atoms with Crippen molar-refractivity contribution < 1.29 is 4.79 Å². The van der Waals surface area contributed by atoms with E-state index in [0.717, 1.165) is 23.8 Å². The van der Waals surface area contributed by atoms with Crippen molar-refractivity contribution in [3.05, 3.63) is 47.0 Å². The van der Waals surface area contributed by atoms with Crippen LogP contribution in [0.3, 0.4) is 0 Å². The Hall–Kier alpha value is -1.63. The minimum atomic E-state index is 0.477. The highest BCUT2D eigenvalue weighted by Gasteiger charge is 2.14. The van der Waals surface area contributed by atoms with Gasteiger partial charge in [0.1, 0.15) is 0 Å². The number of aryl methyl sites for hydroxylation is 1. The third kappa shape index (κ3) is 2.10. The number of carbonyl (C=O) groups is 1. The van der Waals surface area contributed by atoms with Gasteiger partial charge in [0.15, 0.2) is 6.29 Å². The Morgan fingerprint density at radius 2 is 1.94 bits per heavy atom. The van der Waals surface area contributed by atoms with Gasteiger partial charge < -0.3 is 0 Å². The second kappa shape index (κ2) is 4.70. The van der Waals surface area contributed by atoms with E-state index in [1.165, 1.54) is 16.7 Å². The Bertz CT molecular complexity index is 511. The van der Waals surface area contributed by atoms with Crippen molar-refractivity contribution in [1.29, 1.82) is 0 Å². The normalized spacial score (nSPS) is 11.1. The largest absolute Gasteiger partial charge is 0.298 e. The molecule has 0 spiro atoms. The Kier molecular flexibility index (Phi) is 3.28. The molecule has 2 aliphatic rings. The van der Waals surface area contributed by atoms with E-state index in [9.17, 15) is 4.79 Å². The molecular weight excluding hydrogens is 208 g/mol. The van der Waals surface area contributed by atoms with Crippen molar-refractivity contribution in [2.24, 2.45) is 0 Å². The van der Waals surface area contributed by atoms with Gasteiger partial charge in [0, 0.05) is 5.56 Å². The first kappa shape index (κ1) is 11.8. The molecular formula is C16H18O. The van der Waals surface area contributed by atoms with Crippen LogP contribution in [0.15, 0.2) is 30.3 Å². The monoisotopic (exact) mass is 226 g/mol. The van der Waals surface area contributed by atoms with Gasteiger partial charge in [0.25, 0.3) is 0 Å². The topological polar surface area (TPSA) is 17.1 Å². The molecule has 0 N–H and O–H groups in total. The minimum absolute atomic E-state index is 0.477. The summed E-state index contributed by atoms with van der Waals surface area (Å²) in [5, 5.41) is 0. The third-order valence-electron chi connectivity index (χ3n) is 3.31. The molecule has 2 rings (SSSR count). The maximum absolute atomic E-state index is 11.1. The summed E-state index contributed by atoms with van der Waals surface area (Å²) in [5.41, 5.74) is 5.64. The van der Waals surface area contributed by atoms with Gasteiger partial charge in [-0.3, -0.25) is 4.79 Å². The molecule has 0 saturated carbocycles. The van der Waals surface area contributed by atoms with Crippen molar-refractivity contribution >= 4 is 6.29 Å². The summed E-state index contributed by atoms with van der Waals surface area (Å²) < 4.78 is 0. The molecule has 0 saturated heterocycles. The lowest BCUT2D eigenvalue weighted by atomic mass is 10.0. The van der Waals surface area contributed by atoms with Crippen LogP contribution in [0, 0.1) is 0 Å². The smallest absolute Gasteiger partial charge is 0.150 e. The van der Waals surface area contributed by atoms with E-state index in [-0.39, 0.29) is 0 Å². The van der Waals surface area contributed by atoms with E-state index in [2.05, 4.69) is 45.0 Å². The molecule has 0 aromatic heterocycles. The van der Waals surface area contributed by atoms with Crippen LogP contribution in [0.2, 0.25) is 0 Å². The standard InChI is InChI=1S/C16H18O/c1-4-12-8-14(10-17)16-9-13(11(2)3)6-5-7-15(12)16/h5-11H,4H2,1-3H3. The molecule has 0 amide bonds. The molecule has 0 atom stereocenters. The zero-order chi connectivity index (χ0) is 12.4. The molecule has 0 aromatic carbocycles. The lowest BCUT2D eigenvalue weighted by Crippen LogP contribution is -1.85. The SMILES string of the molecule is CCc1cc(C=O)c2cc(C(C)C)cccc1-2. The summed E-state index contributed by atoms with van der Waals surface area (Å²) in [5.74, 6) is 0.477. The number of hydrogen-bond donors (Lipinski definition) is 0. The van der Waals surface area contributed by atoms with Crippen LogP contribution in [0.4, 0.5) is 0 Å².